The molecule has 0 radical (unpaired) electrons. The summed E-state index contributed by atoms with van der Waals surface area (Å²) in [7, 11) is 3.52. The Bertz CT molecular complexity index is 773. The quantitative estimate of drug-likeness (QED) is 0.396. The fourth-order valence-electron chi connectivity index (χ4n) is 3.44. The van der Waals surface area contributed by atoms with E-state index < -0.39 is 0 Å². The first kappa shape index (κ1) is 21.3. The molecule has 0 bridgehead atoms. The molecule has 1 aromatic heterocycles. The van der Waals surface area contributed by atoms with E-state index in [4.69, 9.17) is 13.9 Å². The number of rotatable bonds is 9. The molecule has 0 spiro atoms. The van der Waals surface area contributed by atoms with Crippen LogP contribution in [0, 0.1) is 12.8 Å². The molecule has 1 fully saturated rings. The average molecular weight is 401 g/mol. The summed E-state index contributed by atoms with van der Waals surface area (Å²) in [5.41, 5.74) is 3.16. The molecule has 1 atom stereocenters. The van der Waals surface area contributed by atoms with E-state index in [1.165, 1.54) is 5.56 Å². The smallest absolute Gasteiger partial charge is 0.226 e. The highest BCUT2D eigenvalue weighted by atomic mass is 16.5. The van der Waals surface area contributed by atoms with Crippen LogP contribution in [0.25, 0.3) is 11.5 Å². The van der Waals surface area contributed by atoms with Crippen molar-refractivity contribution in [3.8, 4) is 11.5 Å². The van der Waals surface area contributed by atoms with Crippen molar-refractivity contribution in [2.45, 2.75) is 19.8 Å². The van der Waals surface area contributed by atoms with Crippen LogP contribution in [0.3, 0.4) is 0 Å². The van der Waals surface area contributed by atoms with Crippen molar-refractivity contribution in [3.05, 3.63) is 41.8 Å². The lowest BCUT2D eigenvalue weighted by Crippen LogP contribution is -2.41. The fraction of sp³-hybridized carbons (Fsp3) is 0.545. The molecular weight excluding hydrogens is 368 g/mol. The number of aryl methyl sites for hydroxylation is 1. The molecule has 1 saturated heterocycles. The number of likely N-dealkylation sites (tertiary alicyclic amines) is 1. The van der Waals surface area contributed by atoms with Crippen LogP contribution in [0.2, 0.25) is 0 Å². The summed E-state index contributed by atoms with van der Waals surface area (Å²) in [4.78, 5) is 11.3. The van der Waals surface area contributed by atoms with Gasteiger partial charge in [-0.3, -0.25) is 4.99 Å². The zero-order valence-electron chi connectivity index (χ0n) is 17.7. The topological polar surface area (TPSA) is 72.1 Å². The van der Waals surface area contributed by atoms with Gasteiger partial charge in [0.1, 0.15) is 6.26 Å². The van der Waals surface area contributed by atoms with Gasteiger partial charge in [0.05, 0.1) is 25.5 Å². The van der Waals surface area contributed by atoms with Gasteiger partial charge in [-0.1, -0.05) is 17.7 Å². The minimum absolute atomic E-state index is 0.540. The number of hydrogen-bond acceptors (Lipinski definition) is 5. The van der Waals surface area contributed by atoms with Crippen LogP contribution >= 0.6 is 0 Å². The van der Waals surface area contributed by atoms with Gasteiger partial charge in [0.25, 0.3) is 0 Å². The zero-order valence-corrected chi connectivity index (χ0v) is 17.7. The highest BCUT2D eigenvalue weighted by molar-refractivity contribution is 5.80. The number of nitrogens with one attached hydrogen (secondary N) is 1. The van der Waals surface area contributed by atoms with Crippen molar-refractivity contribution < 1.29 is 13.9 Å². The van der Waals surface area contributed by atoms with Crippen LogP contribution in [0.1, 0.15) is 17.7 Å². The Morgan fingerprint density at radius 3 is 2.90 bits per heavy atom. The highest BCUT2D eigenvalue weighted by Crippen LogP contribution is 2.19. The average Bonchev–Trinajstić information content (AvgIpc) is 3.39. The maximum absolute atomic E-state index is 5.67. The zero-order chi connectivity index (χ0) is 20.5. The number of hydrogen-bond donors (Lipinski definition) is 1. The first-order valence-corrected chi connectivity index (χ1v) is 10.2. The van der Waals surface area contributed by atoms with Crippen LogP contribution in [0.5, 0.6) is 0 Å². The second-order valence-electron chi connectivity index (χ2n) is 7.40. The van der Waals surface area contributed by atoms with E-state index in [0.29, 0.717) is 25.0 Å². The van der Waals surface area contributed by atoms with Gasteiger partial charge in [0.2, 0.25) is 5.89 Å². The van der Waals surface area contributed by atoms with Crippen molar-refractivity contribution in [1.29, 1.82) is 0 Å². The summed E-state index contributed by atoms with van der Waals surface area (Å²) >= 11 is 0. The van der Waals surface area contributed by atoms with E-state index in [-0.39, 0.29) is 0 Å². The lowest BCUT2D eigenvalue weighted by molar-refractivity contribution is 0.0536. The Morgan fingerprint density at radius 2 is 2.14 bits per heavy atom. The number of methoxy groups -OCH3 is 1. The van der Waals surface area contributed by atoms with Gasteiger partial charge in [-0.05, 0) is 25.5 Å². The Morgan fingerprint density at radius 1 is 1.31 bits per heavy atom. The van der Waals surface area contributed by atoms with Crippen LogP contribution < -0.4 is 5.32 Å². The van der Waals surface area contributed by atoms with Crippen LogP contribution in [0.4, 0.5) is 0 Å². The summed E-state index contributed by atoms with van der Waals surface area (Å²) in [6, 6.07) is 8.20. The van der Waals surface area contributed by atoms with Crippen molar-refractivity contribution in [3.63, 3.8) is 0 Å². The molecule has 1 aliphatic heterocycles. The van der Waals surface area contributed by atoms with Crippen molar-refractivity contribution in [2.75, 3.05) is 53.6 Å². The van der Waals surface area contributed by atoms with E-state index in [1.807, 2.05) is 19.2 Å². The first-order chi connectivity index (χ1) is 14.2. The Labute approximate surface area is 173 Å². The molecule has 2 aromatic rings. The van der Waals surface area contributed by atoms with Crippen molar-refractivity contribution in [2.24, 2.45) is 10.9 Å². The summed E-state index contributed by atoms with van der Waals surface area (Å²) in [6.07, 6.45) is 3.64. The minimum Gasteiger partial charge on any atom is -0.444 e. The Kier molecular flexibility index (Phi) is 8.07. The van der Waals surface area contributed by atoms with Gasteiger partial charge in [-0.2, -0.15) is 0 Å². The van der Waals surface area contributed by atoms with E-state index in [0.717, 1.165) is 56.3 Å². The van der Waals surface area contributed by atoms with Gasteiger partial charge in [-0.25, -0.2) is 4.98 Å². The normalized spacial score (nSPS) is 17.1. The summed E-state index contributed by atoms with van der Waals surface area (Å²) in [5, 5.41) is 3.45. The van der Waals surface area contributed by atoms with Crippen molar-refractivity contribution in [1.82, 2.24) is 15.2 Å². The standard InChI is InChI=1S/C22H32N4O3/c1-17-4-6-19(7-5-17)21-25-20(16-29-21)8-10-24-22(23-2)26-11-9-18(14-26)15-28-13-12-27-3/h4-7,16,18H,8-15H2,1-3H3,(H,23,24). The van der Waals surface area contributed by atoms with Gasteiger partial charge < -0.3 is 24.1 Å². The van der Waals surface area contributed by atoms with E-state index in [2.05, 4.69) is 39.2 Å². The molecule has 0 aliphatic carbocycles. The number of nitrogens with zero attached hydrogens (tertiary/aromatic N) is 3. The summed E-state index contributed by atoms with van der Waals surface area (Å²) in [5.74, 6) is 2.14. The van der Waals surface area contributed by atoms with E-state index in [9.17, 15) is 0 Å². The molecule has 29 heavy (non-hydrogen) atoms. The Hall–Kier alpha value is -2.38. The SMILES string of the molecule is CN=C(NCCc1coc(-c2ccc(C)cc2)n1)N1CCC(COCCOC)C1. The Balaban J connectivity index is 1.42. The molecule has 3 rings (SSSR count). The maximum atomic E-state index is 5.67. The first-order valence-electron chi connectivity index (χ1n) is 10.2. The van der Waals surface area contributed by atoms with Gasteiger partial charge in [0.15, 0.2) is 5.96 Å². The predicted molar refractivity (Wildman–Crippen MR) is 114 cm³/mol. The largest absolute Gasteiger partial charge is 0.444 e. The lowest BCUT2D eigenvalue weighted by atomic mass is 10.1. The molecule has 1 unspecified atom stereocenters. The number of guanidine groups is 1. The van der Waals surface area contributed by atoms with Gasteiger partial charge in [0, 0.05) is 51.7 Å². The predicted octanol–water partition coefficient (Wildman–Crippen LogP) is 2.75. The third-order valence-corrected chi connectivity index (χ3v) is 5.10. The van der Waals surface area contributed by atoms with Crippen LogP contribution in [-0.2, 0) is 15.9 Å². The lowest BCUT2D eigenvalue weighted by Gasteiger charge is -2.21. The molecule has 2 heterocycles. The molecule has 7 nitrogen and oxygen atoms in total. The van der Waals surface area contributed by atoms with Crippen LogP contribution in [-0.4, -0.2) is 69.5 Å². The number of aromatic nitrogens is 1. The van der Waals surface area contributed by atoms with Crippen molar-refractivity contribution >= 4 is 5.96 Å². The number of oxazole rings is 1. The summed E-state index contributed by atoms with van der Waals surface area (Å²) < 4.78 is 16.3. The molecule has 158 valence electrons. The third kappa shape index (κ3) is 6.30. The molecule has 7 heteroatoms. The van der Waals surface area contributed by atoms with Gasteiger partial charge >= 0.3 is 0 Å². The van der Waals surface area contributed by atoms with E-state index in [1.54, 1.807) is 13.4 Å². The number of benzene rings is 1. The monoisotopic (exact) mass is 400 g/mol. The molecule has 0 saturated carbocycles. The molecule has 1 aliphatic rings. The second kappa shape index (κ2) is 11.0. The summed E-state index contributed by atoms with van der Waals surface area (Å²) in [6.45, 7) is 6.87. The maximum Gasteiger partial charge on any atom is 0.226 e. The molecule has 0 amide bonds. The highest BCUT2D eigenvalue weighted by Gasteiger charge is 2.24. The second-order valence-corrected chi connectivity index (χ2v) is 7.40. The third-order valence-electron chi connectivity index (χ3n) is 5.10. The molecular formula is C22H32N4O3. The molecule has 1 aromatic carbocycles. The number of ether oxygens (including phenoxy) is 2. The van der Waals surface area contributed by atoms with Gasteiger partial charge in [-0.15, -0.1) is 0 Å². The minimum atomic E-state index is 0.540. The molecule has 1 N–H and O–H groups in total. The number of aliphatic imine (C=N–C) groups is 1. The fourth-order valence-corrected chi connectivity index (χ4v) is 3.44. The van der Waals surface area contributed by atoms with E-state index >= 15 is 0 Å². The van der Waals surface area contributed by atoms with Crippen LogP contribution in [0.15, 0.2) is 39.9 Å².